The summed E-state index contributed by atoms with van der Waals surface area (Å²) in [7, 11) is 0. The number of aromatic nitrogens is 1. The quantitative estimate of drug-likeness (QED) is 0.560. The van der Waals surface area contributed by atoms with E-state index in [-0.39, 0.29) is 17.8 Å². The summed E-state index contributed by atoms with van der Waals surface area (Å²) in [6.45, 7) is -0.109. The number of Topliss-reactive ketones (excluding diaryl/α,β-unsaturated/α-hetero) is 1. The zero-order chi connectivity index (χ0) is 18.6. The van der Waals surface area contributed by atoms with E-state index < -0.39 is 5.97 Å². The van der Waals surface area contributed by atoms with Gasteiger partial charge in [0, 0.05) is 10.8 Å². The minimum absolute atomic E-state index is 0.109. The summed E-state index contributed by atoms with van der Waals surface area (Å²) in [4.78, 5) is 29.7. The van der Waals surface area contributed by atoms with Gasteiger partial charge in [0.05, 0.1) is 11.1 Å². The molecule has 4 nitrogen and oxygen atoms in total. The third-order valence-corrected chi connectivity index (χ3v) is 7.07. The summed E-state index contributed by atoms with van der Waals surface area (Å²) < 4.78 is 5.42. The van der Waals surface area contributed by atoms with Crippen LogP contribution in [-0.4, -0.2) is 23.3 Å². The van der Waals surface area contributed by atoms with Crippen molar-refractivity contribution in [1.29, 1.82) is 0 Å². The van der Waals surface area contributed by atoms with Crippen LogP contribution in [0.2, 0.25) is 5.15 Å². The van der Waals surface area contributed by atoms with Gasteiger partial charge in [0.25, 0.3) is 0 Å². The van der Waals surface area contributed by atoms with Crippen molar-refractivity contribution in [3.63, 3.8) is 0 Å². The fraction of sp³-hybridized carbons (Fsp3) is 0.500. The molecule has 1 aromatic heterocycles. The van der Waals surface area contributed by atoms with E-state index in [0.717, 1.165) is 30.2 Å². The number of carbonyl (C=O) groups is 2. The molecule has 6 rings (SSSR count). The van der Waals surface area contributed by atoms with Crippen molar-refractivity contribution in [2.75, 3.05) is 6.61 Å². The van der Waals surface area contributed by atoms with Crippen LogP contribution in [0.3, 0.4) is 0 Å². The third kappa shape index (κ3) is 3.04. The van der Waals surface area contributed by atoms with Crippen LogP contribution < -0.4 is 0 Å². The second-order valence-electron chi connectivity index (χ2n) is 8.74. The molecule has 0 spiro atoms. The largest absolute Gasteiger partial charge is 0.454 e. The zero-order valence-electron chi connectivity index (χ0n) is 15.1. The molecule has 0 amide bonds. The SMILES string of the molecule is O=C(OCC(=O)C12CC3CC(CC(C3)C1)C2)c1ccc2nc(Cl)ccc2c1. The first kappa shape index (κ1) is 17.2. The molecule has 0 N–H and O–H groups in total. The first-order valence-electron chi connectivity index (χ1n) is 9.77. The molecule has 0 radical (unpaired) electrons. The van der Waals surface area contributed by atoms with E-state index >= 15 is 0 Å². The van der Waals surface area contributed by atoms with Crippen molar-refractivity contribution in [1.82, 2.24) is 4.98 Å². The van der Waals surface area contributed by atoms with Gasteiger partial charge in [0.2, 0.25) is 0 Å². The molecule has 4 fully saturated rings. The van der Waals surface area contributed by atoms with Gasteiger partial charge in [-0.15, -0.1) is 0 Å². The van der Waals surface area contributed by atoms with E-state index in [4.69, 9.17) is 16.3 Å². The Morgan fingerprint density at radius 3 is 2.37 bits per heavy atom. The molecule has 0 saturated heterocycles. The predicted molar refractivity (Wildman–Crippen MR) is 103 cm³/mol. The molecule has 140 valence electrons. The maximum Gasteiger partial charge on any atom is 0.338 e. The fourth-order valence-corrected chi connectivity index (χ4v) is 6.20. The van der Waals surface area contributed by atoms with Crippen LogP contribution in [0.4, 0.5) is 0 Å². The zero-order valence-corrected chi connectivity index (χ0v) is 15.9. The Balaban J connectivity index is 1.28. The number of esters is 1. The van der Waals surface area contributed by atoms with E-state index in [2.05, 4.69) is 4.98 Å². The van der Waals surface area contributed by atoms with Gasteiger partial charge in [-0.2, -0.15) is 0 Å². The lowest BCUT2D eigenvalue weighted by Crippen LogP contribution is -2.51. The van der Waals surface area contributed by atoms with Crippen LogP contribution in [0.25, 0.3) is 10.9 Å². The molecule has 27 heavy (non-hydrogen) atoms. The lowest BCUT2D eigenvalue weighted by Gasteiger charge is -2.55. The normalized spacial score (nSPS) is 31.2. The number of nitrogens with zero attached hydrogens (tertiary/aromatic N) is 1. The summed E-state index contributed by atoms with van der Waals surface area (Å²) in [5, 5.41) is 1.24. The minimum Gasteiger partial charge on any atom is -0.454 e. The van der Waals surface area contributed by atoms with E-state index in [9.17, 15) is 9.59 Å². The number of ether oxygens (including phenoxy) is 1. The Kier molecular flexibility index (Phi) is 4.01. The minimum atomic E-state index is -0.454. The molecule has 0 atom stereocenters. The average Bonchev–Trinajstić information content (AvgIpc) is 2.64. The number of halogens is 1. The summed E-state index contributed by atoms with van der Waals surface area (Å²) in [6.07, 6.45) is 6.87. The summed E-state index contributed by atoms with van der Waals surface area (Å²) in [5.74, 6) is 1.79. The molecular weight excluding hydrogens is 362 g/mol. The van der Waals surface area contributed by atoms with E-state index in [1.54, 1.807) is 24.3 Å². The standard InChI is InChI=1S/C22H22ClNO3/c23-20-4-2-16-8-17(1-3-18(16)24-20)21(26)27-12-19(25)22-9-13-5-14(10-22)7-15(6-13)11-22/h1-4,8,13-15H,5-7,9-12H2. The van der Waals surface area contributed by atoms with Gasteiger partial charge in [-0.3, -0.25) is 4.79 Å². The first-order chi connectivity index (χ1) is 13.0. The van der Waals surface area contributed by atoms with Crippen LogP contribution in [0, 0.1) is 23.2 Å². The maximum absolute atomic E-state index is 13.0. The number of carbonyl (C=O) groups excluding carboxylic acids is 2. The van der Waals surface area contributed by atoms with Crippen molar-refractivity contribution in [3.05, 3.63) is 41.0 Å². The highest BCUT2D eigenvalue weighted by Crippen LogP contribution is 2.60. The second kappa shape index (κ2) is 6.30. The Morgan fingerprint density at radius 1 is 1.04 bits per heavy atom. The van der Waals surface area contributed by atoms with Gasteiger partial charge in [-0.25, -0.2) is 9.78 Å². The number of benzene rings is 1. The van der Waals surface area contributed by atoms with Gasteiger partial charge in [0.1, 0.15) is 5.15 Å². The van der Waals surface area contributed by atoms with E-state index in [0.29, 0.717) is 28.5 Å². The van der Waals surface area contributed by atoms with Gasteiger partial charge in [-0.1, -0.05) is 11.6 Å². The van der Waals surface area contributed by atoms with Crippen molar-refractivity contribution in [2.45, 2.75) is 38.5 Å². The molecule has 0 aliphatic heterocycles. The molecule has 1 heterocycles. The summed E-state index contributed by atoms with van der Waals surface area (Å²) in [5.41, 5.74) is 0.938. The number of hydrogen-bond donors (Lipinski definition) is 0. The summed E-state index contributed by atoms with van der Waals surface area (Å²) >= 11 is 5.89. The Bertz CT molecular complexity index is 903. The Morgan fingerprint density at radius 2 is 1.70 bits per heavy atom. The third-order valence-electron chi connectivity index (χ3n) is 6.86. The van der Waals surface area contributed by atoms with Crippen LogP contribution in [0.1, 0.15) is 48.9 Å². The van der Waals surface area contributed by atoms with Crippen molar-refractivity contribution in [2.24, 2.45) is 23.2 Å². The van der Waals surface area contributed by atoms with Gasteiger partial charge in [-0.05, 0) is 86.6 Å². The van der Waals surface area contributed by atoms with Crippen LogP contribution in [0.5, 0.6) is 0 Å². The van der Waals surface area contributed by atoms with Crippen molar-refractivity contribution in [3.8, 4) is 0 Å². The Labute approximate surface area is 163 Å². The smallest absolute Gasteiger partial charge is 0.338 e. The highest BCUT2D eigenvalue weighted by atomic mass is 35.5. The van der Waals surface area contributed by atoms with Gasteiger partial charge >= 0.3 is 5.97 Å². The highest BCUT2D eigenvalue weighted by molar-refractivity contribution is 6.29. The second-order valence-corrected chi connectivity index (χ2v) is 9.13. The molecule has 0 unspecified atom stereocenters. The van der Waals surface area contributed by atoms with Crippen molar-refractivity contribution < 1.29 is 14.3 Å². The van der Waals surface area contributed by atoms with Crippen molar-refractivity contribution >= 4 is 34.3 Å². The molecule has 5 heteroatoms. The van der Waals surface area contributed by atoms with Crippen LogP contribution >= 0.6 is 11.6 Å². The van der Waals surface area contributed by atoms with Gasteiger partial charge < -0.3 is 4.74 Å². The predicted octanol–water partition coefficient (Wildman–Crippen LogP) is 4.83. The lowest BCUT2D eigenvalue weighted by molar-refractivity contribution is -0.147. The average molecular weight is 384 g/mol. The number of hydrogen-bond acceptors (Lipinski definition) is 4. The fourth-order valence-electron chi connectivity index (χ4n) is 6.05. The van der Waals surface area contributed by atoms with Crippen LogP contribution in [0.15, 0.2) is 30.3 Å². The van der Waals surface area contributed by atoms with E-state index in [1.165, 1.54) is 19.3 Å². The number of ketones is 1. The van der Waals surface area contributed by atoms with Crippen LogP contribution in [-0.2, 0) is 9.53 Å². The molecular formula is C22H22ClNO3. The monoisotopic (exact) mass is 383 g/mol. The molecule has 4 aliphatic carbocycles. The topological polar surface area (TPSA) is 56.3 Å². The molecule has 4 saturated carbocycles. The first-order valence-corrected chi connectivity index (χ1v) is 10.2. The van der Waals surface area contributed by atoms with E-state index in [1.807, 2.05) is 6.07 Å². The summed E-state index contributed by atoms with van der Waals surface area (Å²) in [6, 6.07) is 8.66. The maximum atomic E-state index is 13.0. The Hall–Kier alpha value is -1.94. The van der Waals surface area contributed by atoms with Gasteiger partial charge in [0.15, 0.2) is 12.4 Å². The molecule has 2 aromatic rings. The highest BCUT2D eigenvalue weighted by Gasteiger charge is 2.54. The molecule has 1 aromatic carbocycles. The molecule has 4 aliphatic rings. The molecule has 4 bridgehead atoms. The lowest BCUT2D eigenvalue weighted by atomic mass is 9.48. The number of fused-ring (bicyclic) bond motifs is 1. The number of pyridine rings is 1. The number of rotatable bonds is 4.